The maximum atomic E-state index is 12.2. The minimum atomic E-state index is -4.74. The summed E-state index contributed by atoms with van der Waals surface area (Å²) in [6.07, 6.45) is -3.29. The molecule has 1 aromatic carbocycles. The number of thiophene rings is 1. The molecule has 0 aliphatic rings. The van der Waals surface area contributed by atoms with Gasteiger partial charge in [0.2, 0.25) is 5.16 Å². The number of fused-ring (bicyclic) bond motifs is 1. The molecule has 0 unspecified atom stereocenters. The first-order valence-corrected chi connectivity index (χ1v) is 8.70. The summed E-state index contributed by atoms with van der Waals surface area (Å²) in [5.74, 6) is -0.320. The van der Waals surface area contributed by atoms with Crippen LogP contribution in [0.25, 0.3) is 15.9 Å². The SMILES string of the molecule is FC(F)(F)Oc1ccc(-n2nnnc2Sc2ncnc3ccsc23)cc1. The van der Waals surface area contributed by atoms with Crippen LogP contribution in [0.15, 0.2) is 52.2 Å². The molecule has 4 rings (SSSR count). The van der Waals surface area contributed by atoms with Gasteiger partial charge in [-0.05, 0) is 57.9 Å². The highest BCUT2D eigenvalue weighted by atomic mass is 32.2. The summed E-state index contributed by atoms with van der Waals surface area (Å²) in [7, 11) is 0. The van der Waals surface area contributed by atoms with Crippen LogP contribution in [0.2, 0.25) is 0 Å². The summed E-state index contributed by atoms with van der Waals surface area (Å²) in [6.45, 7) is 0. The van der Waals surface area contributed by atoms with Crippen molar-refractivity contribution in [2.45, 2.75) is 16.5 Å². The Hall–Kier alpha value is -2.73. The number of aromatic nitrogens is 6. The molecule has 12 heteroatoms. The monoisotopic (exact) mass is 396 g/mol. The fraction of sp³-hybridized carbons (Fsp3) is 0.0714. The van der Waals surface area contributed by atoms with Crippen molar-refractivity contribution in [1.82, 2.24) is 30.2 Å². The Balaban J connectivity index is 1.62. The fourth-order valence-electron chi connectivity index (χ4n) is 2.12. The quantitative estimate of drug-likeness (QED) is 0.487. The zero-order valence-electron chi connectivity index (χ0n) is 12.6. The van der Waals surface area contributed by atoms with Gasteiger partial charge in [-0.25, -0.2) is 9.97 Å². The van der Waals surface area contributed by atoms with Gasteiger partial charge in [0.25, 0.3) is 0 Å². The van der Waals surface area contributed by atoms with E-state index < -0.39 is 6.36 Å². The highest BCUT2D eigenvalue weighted by molar-refractivity contribution is 7.99. The Bertz CT molecular complexity index is 1050. The van der Waals surface area contributed by atoms with E-state index in [9.17, 15) is 13.2 Å². The summed E-state index contributed by atoms with van der Waals surface area (Å²) >= 11 is 2.74. The van der Waals surface area contributed by atoms with Crippen molar-refractivity contribution < 1.29 is 17.9 Å². The van der Waals surface area contributed by atoms with Crippen LogP contribution in [0.3, 0.4) is 0 Å². The molecule has 0 saturated heterocycles. The van der Waals surface area contributed by atoms with E-state index in [1.54, 1.807) is 0 Å². The summed E-state index contributed by atoms with van der Waals surface area (Å²) < 4.78 is 42.9. The zero-order chi connectivity index (χ0) is 18.1. The highest BCUT2D eigenvalue weighted by Gasteiger charge is 2.31. The molecule has 0 N–H and O–H groups in total. The van der Waals surface area contributed by atoms with Crippen molar-refractivity contribution in [3.8, 4) is 11.4 Å². The number of alkyl halides is 3. The lowest BCUT2D eigenvalue weighted by Crippen LogP contribution is -2.17. The second-order valence-corrected chi connectivity index (χ2v) is 6.70. The smallest absolute Gasteiger partial charge is 0.406 e. The van der Waals surface area contributed by atoms with E-state index in [2.05, 4.69) is 30.2 Å². The summed E-state index contributed by atoms with van der Waals surface area (Å²) in [5.41, 5.74) is 1.31. The van der Waals surface area contributed by atoms with Gasteiger partial charge in [0.15, 0.2) is 0 Å². The average Bonchev–Trinajstić information content (AvgIpc) is 3.24. The number of ether oxygens (including phenoxy) is 1. The standard InChI is InChI=1S/C14H7F3N6OS2/c15-14(16,17)24-9-3-1-8(2-4-9)23-13(20-21-22-23)26-12-11-10(5-6-25-11)18-7-19-12/h1-7H. The van der Waals surface area contributed by atoms with Gasteiger partial charge in [-0.15, -0.1) is 29.6 Å². The van der Waals surface area contributed by atoms with Crippen molar-refractivity contribution in [1.29, 1.82) is 0 Å². The third kappa shape index (κ3) is 3.46. The van der Waals surface area contributed by atoms with E-state index in [0.29, 0.717) is 15.9 Å². The van der Waals surface area contributed by atoms with Crippen LogP contribution in [-0.4, -0.2) is 36.5 Å². The van der Waals surface area contributed by atoms with E-state index >= 15 is 0 Å². The molecule has 4 aromatic rings. The zero-order valence-corrected chi connectivity index (χ0v) is 14.2. The Morgan fingerprint density at radius 2 is 1.88 bits per heavy atom. The molecule has 0 spiro atoms. The van der Waals surface area contributed by atoms with E-state index in [4.69, 9.17) is 0 Å². The van der Waals surface area contributed by atoms with Crippen molar-refractivity contribution >= 4 is 33.3 Å². The average molecular weight is 396 g/mol. The lowest BCUT2D eigenvalue weighted by molar-refractivity contribution is -0.274. The summed E-state index contributed by atoms with van der Waals surface area (Å²) in [6, 6.07) is 7.14. The molecule has 3 aromatic heterocycles. The molecule has 0 saturated carbocycles. The van der Waals surface area contributed by atoms with Gasteiger partial charge in [-0.3, -0.25) is 0 Å². The van der Waals surface area contributed by atoms with Gasteiger partial charge >= 0.3 is 6.36 Å². The van der Waals surface area contributed by atoms with Crippen LogP contribution in [0.5, 0.6) is 5.75 Å². The van der Waals surface area contributed by atoms with Crippen LogP contribution < -0.4 is 4.74 Å². The van der Waals surface area contributed by atoms with Gasteiger partial charge in [-0.1, -0.05) is 0 Å². The Labute approximate surface area is 151 Å². The first-order valence-electron chi connectivity index (χ1n) is 7.00. The van der Waals surface area contributed by atoms with Gasteiger partial charge in [0.1, 0.15) is 17.1 Å². The maximum absolute atomic E-state index is 12.2. The predicted molar refractivity (Wildman–Crippen MR) is 87.4 cm³/mol. The van der Waals surface area contributed by atoms with Crippen molar-refractivity contribution in [2.75, 3.05) is 0 Å². The Morgan fingerprint density at radius 3 is 2.65 bits per heavy atom. The normalized spacial score (nSPS) is 11.8. The molecule has 0 atom stereocenters. The predicted octanol–water partition coefficient (Wildman–Crippen LogP) is 3.72. The van der Waals surface area contributed by atoms with Gasteiger partial charge in [-0.2, -0.15) is 4.68 Å². The molecular formula is C14H7F3N6OS2. The number of tetrazole rings is 1. The number of nitrogens with zero attached hydrogens (tertiary/aromatic N) is 6. The second kappa shape index (κ2) is 6.53. The number of hydrogen-bond acceptors (Lipinski definition) is 8. The lowest BCUT2D eigenvalue weighted by Gasteiger charge is -2.09. The van der Waals surface area contributed by atoms with Gasteiger partial charge in [0, 0.05) is 0 Å². The Kier molecular flexibility index (Phi) is 4.20. The summed E-state index contributed by atoms with van der Waals surface area (Å²) in [4.78, 5) is 8.42. The van der Waals surface area contributed by atoms with Crippen molar-refractivity contribution in [3.05, 3.63) is 42.0 Å². The molecule has 3 heterocycles. The van der Waals surface area contributed by atoms with Gasteiger partial charge < -0.3 is 4.74 Å². The van der Waals surface area contributed by atoms with Crippen LogP contribution in [0.1, 0.15) is 0 Å². The van der Waals surface area contributed by atoms with E-state index in [-0.39, 0.29) is 5.75 Å². The van der Waals surface area contributed by atoms with Crippen molar-refractivity contribution in [2.24, 2.45) is 0 Å². The molecule has 0 amide bonds. The fourth-order valence-corrected chi connectivity index (χ4v) is 3.89. The minimum Gasteiger partial charge on any atom is -0.406 e. The molecule has 7 nitrogen and oxygen atoms in total. The maximum Gasteiger partial charge on any atom is 0.573 e. The minimum absolute atomic E-state index is 0.320. The third-order valence-electron chi connectivity index (χ3n) is 3.15. The number of rotatable bonds is 4. The molecule has 0 radical (unpaired) electrons. The van der Waals surface area contributed by atoms with Crippen molar-refractivity contribution in [3.63, 3.8) is 0 Å². The van der Waals surface area contributed by atoms with E-state index in [1.165, 1.54) is 58.4 Å². The van der Waals surface area contributed by atoms with E-state index in [0.717, 1.165) is 10.2 Å². The molecule has 0 bridgehead atoms. The van der Waals surface area contributed by atoms with Crippen LogP contribution >= 0.6 is 23.1 Å². The molecule has 26 heavy (non-hydrogen) atoms. The molecular weight excluding hydrogens is 389 g/mol. The second-order valence-electron chi connectivity index (χ2n) is 4.83. The third-order valence-corrected chi connectivity index (χ3v) is 5.13. The highest BCUT2D eigenvalue weighted by Crippen LogP contribution is 2.33. The van der Waals surface area contributed by atoms with E-state index in [1.807, 2.05) is 11.4 Å². The van der Waals surface area contributed by atoms with Crippen LogP contribution in [-0.2, 0) is 0 Å². The first kappa shape index (κ1) is 16.7. The summed E-state index contributed by atoms with van der Waals surface area (Å²) in [5, 5.41) is 14.5. The van der Waals surface area contributed by atoms with Crippen LogP contribution in [0.4, 0.5) is 13.2 Å². The molecule has 0 aliphatic heterocycles. The number of benzene rings is 1. The molecule has 0 fully saturated rings. The molecule has 132 valence electrons. The lowest BCUT2D eigenvalue weighted by atomic mass is 10.3. The largest absolute Gasteiger partial charge is 0.573 e. The van der Waals surface area contributed by atoms with Gasteiger partial charge in [0.05, 0.1) is 15.9 Å². The Morgan fingerprint density at radius 1 is 1.08 bits per heavy atom. The number of halogens is 3. The topological polar surface area (TPSA) is 78.6 Å². The van der Waals surface area contributed by atoms with Crippen LogP contribution in [0, 0.1) is 0 Å². The molecule has 0 aliphatic carbocycles. The number of hydrogen-bond donors (Lipinski definition) is 0. The first-order chi connectivity index (χ1) is 12.5.